The second-order valence-electron chi connectivity index (χ2n) is 3.15. The summed E-state index contributed by atoms with van der Waals surface area (Å²) in [7, 11) is -1.96. The van der Waals surface area contributed by atoms with Crippen molar-refractivity contribution in [2.45, 2.75) is 18.7 Å². The number of methoxy groups -OCH3 is 1. The fourth-order valence-corrected chi connectivity index (χ4v) is 2.67. The average molecular weight is 233 g/mol. The Kier molecular flexibility index (Phi) is 3.83. The number of nitrogens with one attached hydrogen (secondary N) is 2. The van der Waals surface area contributed by atoms with Crippen molar-refractivity contribution in [3.63, 3.8) is 0 Å². The maximum absolute atomic E-state index is 11.8. The molecular formula is C8H15N3O3S. The van der Waals surface area contributed by atoms with Crippen molar-refractivity contribution in [3.8, 4) is 0 Å². The van der Waals surface area contributed by atoms with Crippen LogP contribution in [0.1, 0.15) is 11.4 Å². The molecule has 0 unspecified atom stereocenters. The van der Waals surface area contributed by atoms with Gasteiger partial charge in [-0.25, -0.2) is 13.1 Å². The van der Waals surface area contributed by atoms with E-state index < -0.39 is 10.0 Å². The summed E-state index contributed by atoms with van der Waals surface area (Å²) in [6.45, 7) is 3.91. The van der Waals surface area contributed by atoms with Gasteiger partial charge in [-0.05, 0) is 13.8 Å². The summed E-state index contributed by atoms with van der Waals surface area (Å²) in [5, 5.41) is 6.47. The Bertz CT molecular complexity index is 405. The molecule has 6 nitrogen and oxygen atoms in total. The number of ether oxygens (including phenoxy) is 1. The van der Waals surface area contributed by atoms with Crippen molar-refractivity contribution in [1.82, 2.24) is 14.9 Å². The van der Waals surface area contributed by atoms with Crippen molar-refractivity contribution in [1.29, 1.82) is 0 Å². The van der Waals surface area contributed by atoms with Gasteiger partial charge >= 0.3 is 0 Å². The van der Waals surface area contributed by atoms with E-state index in [0.717, 1.165) is 0 Å². The van der Waals surface area contributed by atoms with Crippen LogP contribution >= 0.6 is 0 Å². The van der Waals surface area contributed by atoms with Gasteiger partial charge < -0.3 is 4.74 Å². The summed E-state index contributed by atoms with van der Waals surface area (Å²) in [6, 6.07) is 0. The van der Waals surface area contributed by atoms with Gasteiger partial charge in [0.1, 0.15) is 4.90 Å². The van der Waals surface area contributed by atoms with Crippen molar-refractivity contribution < 1.29 is 13.2 Å². The van der Waals surface area contributed by atoms with Crippen LogP contribution in [0.25, 0.3) is 0 Å². The molecule has 0 saturated carbocycles. The number of H-pyrrole nitrogens is 1. The zero-order valence-electron chi connectivity index (χ0n) is 8.99. The summed E-state index contributed by atoms with van der Waals surface area (Å²) < 4.78 is 30.8. The Labute approximate surface area is 89.1 Å². The molecular weight excluding hydrogens is 218 g/mol. The predicted octanol–water partition coefficient (Wildman–Crippen LogP) is -0.0488. The minimum absolute atomic E-state index is 0.221. The van der Waals surface area contributed by atoms with E-state index >= 15 is 0 Å². The van der Waals surface area contributed by atoms with Crippen LogP contribution in [0.15, 0.2) is 4.90 Å². The maximum Gasteiger partial charge on any atom is 0.244 e. The molecule has 0 atom stereocenters. The monoisotopic (exact) mass is 233 g/mol. The Morgan fingerprint density at radius 3 is 2.60 bits per heavy atom. The smallest absolute Gasteiger partial charge is 0.244 e. The molecule has 0 aromatic carbocycles. The minimum Gasteiger partial charge on any atom is -0.383 e. The molecule has 0 aliphatic carbocycles. The quantitative estimate of drug-likeness (QED) is 0.698. The summed E-state index contributed by atoms with van der Waals surface area (Å²) in [5.74, 6) is 0. The van der Waals surface area contributed by atoms with Crippen LogP contribution in [0, 0.1) is 13.8 Å². The number of aromatic amines is 1. The summed E-state index contributed by atoms with van der Waals surface area (Å²) in [6.07, 6.45) is 0. The number of hydrogen-bond acceptors (Lipinski definition) is 4. The zero-order valence-corrected chi connectivity index (χ0v) is 9.81. The first-order valence-corrected chi connectivity index (χ1v) is 5.97. The number of hydrogen-bond donors (Lipinski definition) is 2. The van der Waals surface area contributed by atoms with Gasteiger partial charge in [-0.1, -0.05) is 0 Å². The summed E-state index contributed by atoms with van der Waals surface area (Å²) >= 11 is 0. The Morgan fingerprint density at radius 2 is 2.13 bits per heavy atom. The molecule has 2 N–H and O–H groups in total. The Hall–Kier alpha value is -0.920. The summed E-state index contributed by atoms with van der Waals surface area (Å²) in [5.41, 5.74) is 1.01. The van der Waals surface area contributed by atoms with Crippen molar-refractivity contribution in [2.75, 3.05) is 20.3 Å². The van der Waals surface area contributed by atoms with Crippen molar-refractivity contribution in [2.24, 2.45) is 0 Å². The highest BCUT2D eigenvalue weighted by atomic mass is 32.2. The molecule has 15 heavy (non-hydrogen) atoms. The van der Waals surface area contributed by atoms with Gasteiger partial charge in [-0.15, -0.1) is 0 Å². The molecule has 1 heterocycles. The lowest BCUT2D eigenvalue weighted by Gasteiger charge is -2.05. The molecule has 1 aromatic heterocycles. The van der Waals surface area contributed by atoms with Gasteiger partial charge in [-0.3, -0.25) is 5.10 Å². The van der Waals surface area contributed by atoms with Crippen LogP contribution in [-0.4, -0.2) is 38.9 Å². The van der Waals surface area contributed by atoms with E-state index in [0.29, 0.717) is 18.0 Å². The van der Waals surface area contributed by atoms with E-state index in [1.165, 1.54) is 7.11 Å². The standard InChI is InChI=1S/C8H15N3O3S/c1-6-8(7(2)11-10-6)15(12,13)9-4-5-14-3/h9H,4-5H2,1-3H3,(H,10,11). The number of aryl methyl sites for hydroxylation is 2. The first-order valence-electron chi connectivity index (χ1n) is 4.49. The molecule has 0 amide bonds. The first kappa shape index (κ1) is 12.2. The fraction of sp³-hybridized carbons (Fsp3) is 0.625. The van der Waals surface area contributed by atoms with E-state index in [1.807, 2.05) is 0 Å². The van der Waals surface area contributed by atoms with Gasteiger partial charge in [0.2, 0.25) is 10.0 Å². The molecule has 1 rings (SSSR count). The molecule has 7 heteroatoms. The molecule has 0 fully saturated rings. The lowest BCUT2D eigenvalue weighted by atomic mass is 10.4. The molecule has 86 valence electrons. The van der Waals surface area contributed by atoms with E-state index in [1.54, 1.807) is 13.8 Å². The van der Waals surface area contributed by atoms with Crippen LogP contribution in [0.5, 0.6) is 0 Å². The molecule has 0 spiro atoms. The first-order chi connectivity index (χ1) is 6.99. The molecule has 0 saturated heterocycles. The SMILES string of the molecule is COCCNS(=O)(=O)c1c(C)n[nH]c1C. The van der Waals surface area contributed by atoms with Crippen molar-refractivity contribution >= 4 is 10.0 Å². The third-order valence-corrected chi connectivity index (χ3v) is 3.65. The van der Waals surface area contributed by atoms with Crippen molar-refractivity contribution in [3.05, 3.63) is 11.4 Å². The summed E-state index contributed by atoms with van der Waals surface area (Å²) in [4.78, 5) is 0.221. The van der Waals surface area contributed by atoms with Gasteiger partial charge in [-0.2, -0.15) is 5.10 Å². The lowest BCUT2D eigenvalue weighted by Crippen LogP contribution is -2.27. The third kappa shape index (κ3) is 2.77. The normalized spacial score (nSPS) is 11.9. The molecule has 1 aromatic rings. The average Bonchev–Trinajstić information content (AvgIpc) is 2.46. The van der Waals surface area contributed by atoms with E-state index in [-0.39, 0.29) is 11.4 Å². The lowest BCUT2D eigenvalue weighted by molar-refractivity contribution is 0.204. The second kappa shape index (κ2) is 4.73. The fourth-order valence-electron chi connectivity index (χ4n) is 1.29. The second-order valence-corrected chi connectivity index (χ2v) is 4.86. The molecule has 0 radical (unpaired) electrons. The number of sulfonamides is 1. The zero-order chi connectivity index (χ0) is 11.5. The highest BCUT2D eigenvalue weighted by molar-refractivity contribution is 7.89. The highest BCUT2D eigenvalue weighted by Gasteiger charge is 2.21. The topological polar surface area (TPSA) is 84.1 Å². The van der Waals surface area contributed by atoms with Gasteiger partial charge in [0.15, 0.2) is 0 Å². The van der Waals surface area contributed by atoms with E-state index in [9.17, 15) is 8.42 Å². The molecule has 0 bridgehead atoms. The number of aromatic nitrogens is 2. The maximum atomic E-state index is 11.8. The van der Waals surface area contributed by atoms with Gasteiger partial charge in [0.25, 0.3) is 0 Å². The molecule has 0 aliphatic heterocycles. The Balaban J connectivity index is 2.87. The van der Waals surface area contributed by atoms with Gasteiger partial charge in [0.05, 0.1) is 18.0 Å². The third-order valence-electron chi connectivity index (χ3n) is 1.93. The van der Waals surface area contributed by atoms with Crippen LogP contribution in [-0.2, 0) is 14.8 Å². The van der Waals surface area contributed by atoms with Crippen LogP contribution < -0.4 is 4.72 Å². The van der Waals surface area contributed by atoms with E-state index in [4.69, 9.17) is 4.74 Å². The number of nitrogens with zero attached hydrogens (tertiary/aromatic N) is 1. The Morgan fingerprint density at radius 1 is 1.47 bits per heavy atom. The number of rotatable bonds is 5. The van der Waals surface area contributed by atoms with Crippen LogP contribution in [0.4, 0.5) is 0 Å². The minimum atomic E-state index is -3.47. The predicted molar refractivity (Wildman–Crippen MR) is 55.1 cm³/mol. The van der Waals surface area contributed by atoms with E-state index in [2.05, 4.69) is 14.9 Å². The highest BCUT2D eigenvalue weighted by Crippen LogP contribution is 2.15. The largest absolute Gasteiger partial charge is 0.383 e. The molecule has 0 aliphatic rings. The van der Waals surface area contributed by atoms with Crippen LogP contribution in [0.3, 0.4) is 0 Å². The van der Waals surface area contributed by atoms with Crippen LogP contribution in [0.2, 0.25) is 0 Å². The van der Waals surface area contributed by atoms with Gasteiger partial charge in [0, 0.05) is 13.7 Å².